The zero-order valence-corrected chi connectivity index (χ0v) is 23.7. The predicted molar refractivity (Wildman–Crippen MR) is 148 cm³/mol. The Morgan fingerprint density at radius 2 is 1.76 bits per heavy atom. The van der Waals surface area contributed by atoms with Crippen LogP contribution in [0.25, 0.3) is 0 Å². The number of carbonyl (C=O) groups is 2. The highest BCUT2D eigenvalue weighted by Gasteiger charge is 2.29. The topological polar surface area (TPSA) is 127 Å². The van der Waals surface area contributed by atoms with Crippen LogP contribution in [0.5, 0.6) is 0 Å². The molecule has 2 heterocycles. The number of piperidine rings is 1. The van der Waals surface area contributed by atoms with Crippen LogP contribution in [0, 0.1) is 0 Å². The molecule has 1 amide bonds. The van der Waals surface area contributed by atoms with E-state index in [9.17, 15) is 19.2 Å². The van der Waals surface area contributed by atoms with Gasteiger partial charge in [-0.05, 0) is 57.2 Å². The van der Waals surface area contributed by atoms with Crippen molar-refractivity contribution in [3.63, 3.8) is 0 Å². The van der Waals surface area contributed by atoms with E-state index in [2.05, 4.69) is 15.6 Å². The van der Waals surface area contributed by atoms with E-state index in [4.69, 9.17) is 4.74 Å². The molecule has 4 rings (SSSR count). The van der Waals surface area contributed by atoms with Gasteiger partial charge in [0, 0.05) is 24.5 Å². The number of carboxylic acids is 1. The molecule has 1 saturated carbocycles. The third-order valence-electron chi connectivity index (χ3n) is 6.89. The molecule has 3 N–H and O–H groups in total. The van der Waals surface area contributed by atoms with E-state index in [0.29, 0.717) is 5.13 Å². The largest absolute Gasteiger partial charge is 0.593 e. The summed E-state index contributed by atoms with van der Waals surface area (Å²) in [5, 5.41) is 17.9. The monoisotopic (exact) mass is 562 g/mol. The smallest absolute Gasteiger partial charge is 0.339 e. The first-order chi connectivity index (χ1) is 18.3. The Morgan fingerprint density at radius 3 is 2.39 bits per heavy atom. The SMILES string of the molecule is CC(C)OC(C(=O)O)c1csc(NC(=O)C(NC2CCCCC2)c2ccc([S+]([O-])N3CCCCC3)cc2)n1. The van der Waals surface area contributed by atoms with Crippen molar-refractivity contribution in [3.05, 3.63) is 40.9 Å². The molecule has 0 radical (unpaired) electrons. The maximum absolute atomic E-state index is 13.5. The number of rotatable bonds is 11. The summed E-state index contributed by atoms with van der Waals surface area (Å²) in [5.74, 6) is -1.39. The number of carbonyl (C=O) groups excluding carboxylic acids is 1. The number of thiazole rings is 1. The summed E-state index contributed by atoms with van der Waals surface area (Å²) in [4.78, 5) is 30.3. The molecule has 3 atom stereocenters. The average molecular weight is 563 g/mol. The quantitative estimate of drug-likeness (QED) is 0.333. The normalized spacial score (nSPS) is 19.7. The van der Waals surface area contributed by atoms with Crippen molar-refractivity contribution in [1.29, 1.82) is 0 Å². The molecule has 1 aromatic carbocycles. The minimum atomic E-state index is -1.21. The molecule has 208 valence electrons. The van der Waals surface area contributed by atoms with Gasteiger partial charge < -0.3 is 19.7 Å². The van der Waals surface area contributed by atoms with Crippen molar-refractivity contribution in [1.82, 2.24) is 14.6 Å². The molecular formula is C27H38N4O5S2. The summed E-state index contributed by atoms with van der Waals surface area (Å²) in [6, 6.07) is 7.06. The van der Waals surface area contributed by atoms with Crippen molar-refractivity contribution >= 4 is 39.7 Å². The first kappa shape index (κ1) is 29.0. The highest BCUT2D eigenvalue weighted by atomic mass is 32.2. The van der Waals surface area contributed by atoms with Gasteiger partial charge >= 0.3 is 5.97 Å². The first-order valence-electron chi connectivity index (χ1n) is 13.5. The Labute approximate surface area is 231 Å². The Hall–Kier alpha value is -2.02. The number of hydrogen-bond donors (Lipinski definition) is 3. The lowest BCUT2D eigenvalue weighted by molar-refractivity contribution is -0.154. The zero-order chi connectivity index (χ0) is 27.1. The maximum atomic E-state index is 13.5. The van der Waals surface area contributed by atoms with E-state index < -0.39 is 29.5 Å². The number of anilines is 1. The molecule has 0 bridgehead atoms. The first-order valence-corrected chi connectivity index (χ1v) is 15.5. The molecule has 38 heavy (non-hydrogen) atoms. The van der Waals surface area contributed by atoms with Crippen LogP contribution in [0.15, 0.2) is 34.5 Å². The fourth-order valence-corrected chi connectivity index (χ4v) is 6.94. The number of aliphatic carboxylic acids is 1. The van der Waals surface area contributed by atoms with Gasteiger partial charge in [-0.25, -0.2) is 9.78 Å². The van der Waals surface area contributed by atoms with Crippen LogP contribution in [0.3, 0.4) is 0 Å². The molecule has 0 spiro atoms. The van der Waals surface area contributed by atoms with E-state index in [0.717, 1.165) is 62.1 Å². The molecule has 9 nitrogen and oxygen atoms in total. The zero-order valence-electron chi connectivity index (χ0n) is 22.1. The van der Waals surface area contributed by atoms with Crippen LogP contribution >= 0.6 is 11.3 Å². The lowest BCUT2D eigenvalue weighted by atomic mass is 9.94. The third kappa shape index (κ3) is 7.77. The molecule has 2 fully saturated rings. The fourth-order valence-electron chi connectivity index (χ4n) is 4.95. The van der Waals surface area contributed by atoms with Gasteiger partial charge in [-0.3, -0.25) is 10.1 Å². The highest BCUT2D eigenvalue weighted by Crippen LogP contribution is 2.28. The molecule has 11 heteroatoms. The van der Waals surface area contributed by atoms with Crippen molar-refractivity contribution < 1.29 is 24.0 Å². The van der Waals surface area contributed by atoms with Crippen LogP contribution in [0.4, 0.5) is 5.13 Å². The number of ether oxygens (including phenoxy) is 1. The Morgan fingerprint density at radius 1 is 1.11 bits per heavy atom. The van der Waals surface area contributed by atoms with Gasteiger partial charge in [0.2, 0.25) is 5.91 Å². The molecule has 1 aliphatic carbocycles. The fraction of sp³-hybridized carbons (Fsp3) is 0.593. The number of amides is 1. The molecule has 3 unspecified atom stereocenters. The summed E-state index contributed by atoms with van der Waals surface area (Å²) in [6.45, 7) is 5.20. The number of nitrogens with one attached hydrogen (secondary N) is 2. The third-order valence-corrected chi connectivity index (χ3v) is 9.17. The summed E-state index contributed by atoms with van der Waals surface area (Å²) in [7, 11) is 0. The molecule has 1 aromatic heterocycles. The number of hydrogen-bond acceptors (Lipinski definition) is 8. The second-order valence-electron chi connectivity index (χ2n) is 10.2. The van der Waals surface area contributed by atoms with E-state index >= 15 is 0 Å². The number of carboxylic acid groups (broad SMARTS) is 1. The maximum Gasteiger partial charge on any atom is 0.339 e. The van der Waals surface area contributed by atoms with Gasteiger partial charge in [0.15, 0.2) is 16.1 Å². The van der Waals surface area contributed by atoms with E-state index in [1.54, 1.807) is 19.2 Å². The Bertz CT molecular complexity index is 1050. The van der Waals surface area contributed by atoms with E-state index in [1.807, 2.05) is 28.6 Å². The van der Waals surface area contributed by atoms with Crippen LogP contribution < -0.4 is 10.6 Å². The number of nitrogens with zero attached hydrogens (tertiary/aromatic N) is 2. The van der Waals surface area contributed by atoms with Crippen molar-refractivity contribution in [3.8, 4) is 0 Å². The predicted octanol–water partition coefficient (Wildman–Crippen LogP) is 4.80. The second kappa shape index (κ2) is 13.9. The van der Waals surface area contributed by atoms with Gasteiger partial charge in [-0.1, -0.05) is 37.8 Å². The Balaban J connectivity index is 1.50. The van der Waals surface area contributed by atoms with Gasteiger partial charge in [0.25, 0.3) is 0 Å². The van der Waals surface area contributed by atoms with Crippen molar-refractivity contribution in [2.24, 2.45) is 0 Å². The van der Waals surface area contributed by atoms with Gasteiger partial charge in [0.1, 0.15) is 6.04 Å². The van der Waals surface area contributed by atoms with E-state index in [1.165, 1.54) is 24.2 Å². The minimum Gasteiger partial charge on any atom is -0.593 e. The molecular weight excluding hydrogens is 524 g/mol. The average Bonchev–Trinajstić information content (AvgIpc) is 3.38. The van der Waals surface area contributed by atoms with Crippen LogP contribution in [-0.4, -0.2) is 56.1 Å². The van der Waals surface area contributed by atoms with Crippen molar-refractivity contribution in [2.75, 3.05) is 18.4 Å². The standard InChI is InChI=1S/C27H38N4O5S2/c1-18(2)36-24(26(33)34)22-17-37-27(29-22)30-25(32)23(28-20-9-5-3-6-10-20)19-11-13-21(14-12-19)38(35)31-15-7-4-8-16-31/h11-14,17-18,20,23-24,28H,3-10,15-16H2,1-2H3,(H,33,34)(H,29,30,32). The van der Waals surface area contributed by atoms with E-state index in [-0.39, 0.29) is 23.7 Å². The summed E-state index contributed by atoms with van der Waals surface area (Å²) >= 11 is -0.0342. The van der Waals surface area contributed by atoms with Crippen LogP contribution in [0.1, 0.15) is 88.6 Å². The minimum absolute atomic E-state index is 0.226. The van der Waals surface area contributed by atoms with Gasteiger partial charge in [0.05, 0.1) is 23.2 Å². The molecule has 1 aliphatic heterocycles. The lowest BCUT2D eigenvalue weighted by Gasteiger charge is -2.29. The summed E-state index contributed by atoms with van der Waals surface area (Å²) in [6.07, 6.45) is 7.30. The number of aromatic nitrogens is 1. The van der Waals surface area contributed by atoms with Crippen molar-refractivity contribution in [2.45, 2.75) is 94.4 Å². The van der Waals surface area contributed by atoms with Crippen LogP contribution in [0.2, 0.25) is 0 Å². The number of benzene rings is 1. The summed E-state index contributed by atoms with van der Waals surface area (Å²) < 4.78 is 20.5. The second-order valence-corrected chi connectivity index (χ2v) is 12.6. The van der Waals surface area contributed by atoms with Crippen LogP contribution in [-0.2, 0) is 25.7 Å². The molecule has 2 aliphatic rings. The molecule has 1 saturated heterocycles. The summed E-state index contributed by atoms with van der Waals surface area (Å²) in [5.41, 5.74) is 1.05. The molecule has 2 aromatic rings. The van der Waals surface area contributed by atoms with Gasteiger partial charge in [-0.15, -0.1) is 15.6 Å². The highest BCUT2D eigenvalue weighted by molar-refractivity contribution is 7.89. The Kier molecular flexibility index (Phi) is 10.6. The lowest BCUT2D eigenvalue weighted by Crippen LogP contribution is -2.40. The van der Waals surface area contributed by atoms with Gasteiger partial charge in [-0.2, -0.15) is 0 Å².